The van der Waals surface area contributed by atoms with Crippen LogP contribution >= 0.6 is 0 Å². The first kappa shape index (κ1) is 14.1. The van der Waals surface area contributed by atoms with E-state index in [0.717, 1.165) is 5.92 Å². The largest absolute Gasteiger partial charge is 0.327 e. The van der Waals surface area contributed by atoms with Crippen molar-refractivity contribution in [3.63, 3.8) is 0 Å². The van der Waals surface area contributed by atoms with Crippen molar-refractivity contribution in [2.24, 2.45) is 17.6 Å². The van der Waals surface area contributed by atoms with Gasteiger partial charge in [-0.3, -0.25) is 4.98 Å². The Kier molecular flexibility index (Phi) is 4.40. The maximum absolute atomic E-state index is 6.50. The molecule has 20 heavy (non-hydrogen) atoms. The molecular formula is C18H28N2. The molecule has 0 amide bonds. The number of aromatic nitrogens is 1. The number of hydrogen-bond donors (Lipinski definition) is 1. The summed E-state index contributed by atoms with van der Waals surface area (Å²) in [7, 11) is 0. The minimum Gasteiger partial charge on any atom is -0.327 e. The van der Waals surface area contributed by atoms with Gasteiger partial charge >= 0.3 is 0 Å². The highest BCUT2D eigenvalue weighted by Crippen LogP contribution is 2.44. The van der Waals surface area contributed by atoms with Crippen molar-refractivity contribution in [3.8, 4) is 0 Å². The number of hydrogen-bond acceptors (Lipinski definition) is 2. The van der Waals surface area contributed by atoms with Crippen molar-refractivity contribution in [1.82, 2.24) is 4.98 Å². The van der Waals surface area contributed by atoms with Crippen LogP contribution < -0.4 is 5.73 Å². The third kappa shape index (κ3) is 2.76. The molecule has 1 saturated carbocycles. The van der Waals surface area contributed by atoms with E-state index in [9.17, 15) is 0 Å². The lowest BCUT2D eigenvalue weighted by molar-refractivity contribution is 0.182. The Bertz CT molecular complexity index is 443. The molecule has 0 saturated heterocycles. The topological polar surface area (TPSA) is 38.9 Å². The van der Waals surface area contributed by atoms with Crippen molar-refractivity contribution in [2.45, 2.75) is 70.3 Å². The second kappa shape index (κ2) is 6.26. The van der Waals surface area contributed by atoms with Gasteiger partial charge in [-0.2, -0.15) is 0 Å². The second-order valence-corrected chi connectivity index (χ2v) is 6.84. The van der Waals surface area contributed by atoms with Crippen LogP contribution in [0.25, 0.3) is 0 Å². The Balaban J connectivity index is 1.81. The molecule has 0 aliphatic heterocycles. The molecule has 1 heterocycles. The molecule has 4 atom stereocenters. The van der Waals surface area contributed by atoms with Crippen LogP contribution in [0.15, 0.2) is 18.3 Å². The monoisotopic (exact) mass is 272 g/mol. The normalized spacial score (nSPS) is 33.7. The molecule has 2 aliphatic rings. The van der Waals surface area contributed by atoms with Crippen LogP contribution in [0.5, 0.6) is 0 Å². The van der Waals surface area contributed by atoms with Crippen LogP contribution in [0.1, 0.15) is 69.0 Å². The minimum atomic E-state index is 0.390. The summed E-state index contributed by atoms with van der Waals surface area (Å²) < 4.78 is 0. The molecule has 1 aromatic heterocycles. The van der Waals surface area contributed by atoms with Crippen LogP contribution in [-0.2, 0) is 6.42 Å². The molecule has 0 radical (unpaired) electrons. The highest BCUT2D eigenvalue weighted by atomic mass is 14.7. The average Bonchev–Trinajstić information content (AvgIpc) is 2.49. The molecule has 2 nitrogen and oxygen atoms in total. The van der Waals surface area contributed by atoms with Gasteiger partial charge < -0.3 is 5.73 Å². The molecule has 1 fully saturated rings. The lowest BCUT2D eigenvalue weighted by Gasteiger charge is -2.40. The maximum Gasteiger partial charge on any atom is 0.0469 e. The summed E-state index contributed by atoms with van der Waals surface area (Å²) in [4.78, 5) is 4.73. The quantitative estimate of drug-likeness (QED) is 0.901. The van der Waals surface area contributed by atoms with Gasteiger partial charge in [0.15, 0.2) is 0 Å². The van der Waals surface area contributed by atoms with E-state index in [1.54, 1.807) is 0 Å². The summed E-state index contributed by atoms with van der Waals surface area (Å²) in [5.41, 5.74) is 9.35. The minimum absolute atomic E-state index is 0.390. The zero-order valence-electron chi connectivity index (χ0n) is 12.7. The van der Waals surface area contributed by atoms with E-state index in [4.69, 9.17) is 10.7 Å². The van der Waals surface area contributed by atoms with E-state index in [0.29, 0.717) is 17.9 Å². The van der Waals surface area contributed by atoms with Gasteiger partial charge in [-0.1, -0.05) is 25.8 Å². The van der Waals surface area contributed by atoms with Crippen molar-refractivity contribution in [3.05, 3.63) is 29.6 Å². The van der Waals surface area contributed by atoms with Crippen molar-refractivity contribution in [1.29, 1.82) is 0 Å². The third-order valence-corrected chi connectivity index (χ3v) is 5.52. The molecule has 110 valence electrons. The molecule has 2 heteroatoms. The van der Waals surface area contributed by atoms with Gasteiger partial charge in [-0.05, 0) is 62.0 Å². The Labute approximate surface area is 123 Å². The van der Waals surface area contributed by atoms with Gasteiger partial charge in [0, 0.05) is 23.9 Å². The first-order chi connectivity index (χ1) is 9.79. The first-order valence-electron chi connectivity index (χ1n) is 8.49. The summed E-state index contributed by atoms with van der Waals surface area (Å²) in [5, 5.41) is 0. The number of nitrogens with zero attached hydrogens (tertiary/aromatic N) is 1. The van der Waals surface area contributed by atoms with Crippen molar-refractivity contribution < 1.29 is 0 Å². The fourth-order valence-corrected chi connectivity index (χ4v) is 4.51. The lowest BCUT2D eigenvalue weighted by atomic mass is 9.67. The van der Waals surface area contributed by atoms with E-state index in [2.05, 4.69) is 19.1 Å². The average molecular weight is 272 g/mol. The van der Waals surface area contributed by atoms with Gasteiger partial charge in [-0.15, -0.1) is 0 Å². The summed E-state index contributed by atoms with van der Waals surface area (Å²) in [6.45, 7) is 2.31. The smallest absolute Gasteiger partial charge is 0.0469 e. The molecular weight excluding hydrogens is 244 g/mol. The molecule has 2 aliphatic carbocycles. The molecule has 4 unspecified atom stereocenters. The van der Waals surface area contributed by atoms with Gasteiger partial charge in [0.25, 0.3) is 0 Å². The zero-order valence-corrected chi connectivity index (χ0v) is 12.7. The molecule has 0 spiro atoms. The highest BCUT2D eigenvalue weighted by Gasteiger charge is 2.36. The van der Waals surface area contributed by atoms with Crippen LogP contribution in [0.3, 0.4) is 0 Å². The van der Waals surface area contributed by atoms with Gasteiger partial charge in [0.2, 0.25) is 0 Å². The van der Waals surface area contributed by atoms with Crippen molar-refractivity contribution in [2.75, 3.05) is 0 Å². The van der Waals surface area contributed by atoms with Gasteiger partial charge in [0.1, 0.15) is 0 Å². The van der Waals surface area contributed by atoms with E-state index in [-0.39, 0.29) is 0 Å². The van der Waals surface area contributed by atoms with E-state index in [1.165, 1.54) is 62.6 Å². The summed E-state index contributed by atoms with van der Waals surface area (Å²) in [5.74, 6) is 2.18. The molecule has 0 bridgehead atoms. The number of rotatable bonds is 3. The maximum atomic E-state index is 6.50. The van der Waals surface area contributed by atoms with E-state index >= 15 is 0 Å². The van der Waals surface area contributed by atoms with Crippen LogP contribution in [0.2, 0.25) is 0 Å². The van der Waals surface area contributed by atoms with E-state index in [1.807, 2.05) is 6.20 Å². The van der Waals surface area contributed by atoms with Crippen LogP contribution in [0, 0.1) is 11.8 Å². The highest BCUT2D eigenvalue weighted by molar-refractivity contribution is 5.27. The summed E-state index contributed by atoms with van der Waals surface area (Å²) in [6.07, 6.45) is 12.4. The molecule has 3 rings (SSSR count). The van der Waals surface area contributed by atoms with Gasteiger partial charge in [0.05, 0.1) is 0 Å². The second-order valence-electron chi connectivity index (χ2n) is 6.84. The number of pyridine rings is 1. The molecule has 2 N–H and O–H groups in total. The summed E-state index contributed by atoms with van der Waals surface area (Å²) in [6, 6.07) is 4.75. The Hall–Kier alpha value is -0.890. The lowest BCUT2D eigenvalue weighted by Crippen LogP contribution is -2.40. The number of aryl methyl sites for hydroxylation is 1. The Morgan fingerprint density at radius 3 is 3.05 bits per heavy atom. The summed E-state index contributed by atoms with van der Waals surface area (Å²) >= 11 is 0. The number of fused-ring (bicyclic) bond motifs is 1. The predicted octanol–water partition coefficient (Wildman–Crippen LogP) is 4.05. The third-order valence-electron chi connectivity index (χ3n) is 5.52. The molecule has 0 aromatic carbocycles. The van der Waals surface area contributed by atoms with Crippen molar-refractivity contribution >= 4 is 0 Å². The fraction of sp³-hybridized carbons (Fsp3) is 0.722. The number of nitrogens with two attached hydrogens (primary N) is 1. The van der Waals surface area contributed by atoms with Gasteiger partial charge in [-0.25, -0.2) is 0 Å². The predicted molar refractivity (Wildman–Crippen MR) is 83.6 cm³/mol. The van der Waals surface area contributed by atoms with Crippen LogP contribution in [0.4, 0.5) is 0 Å². The van der Waals surface area contributed by atoms with E-state index < -0.39 is 0 Å². The SMILES string of the molecule is CCCC1CCC(N)C(C2CCCc3cccnc32)C1. The Morgan fingerprint density at radius 1 is 1.30 bits per heavy atom. The zero-order chi connectivity index (χ0) is 13.9. The first-order valence-corrected chi connectivity index (χ1v) is 8.49. The standard InChI is InChI=1S/C18H28N2/c1-2-5-13-9-10-17(19)16(12-13)15-8-3-6-14-7-4-11-20-18(14)15/h4,7,11,13,15-17H,2-3,5-6,8-10,12,19H2,1H3. The Morgan fingerprint density at radius 2 is 2.20 bits per heavy atom. The fourth-order valence-electron chi connectivity index (χ4n) is 4.51. The van der Waals surface area contributed by atoms with Crippen LogP contribution in [-0.4, -0.2) is 11.0 Å². The molecule has 1 aromatic rings.